The number of nitrogens with zero attached hydrogens (tertiary/aromatic N) is 2. The van der Waals surface area contributed by atoms with Gasteiger partial charge in [0.25, 0.3) is 0 Å². The highest BCUT2D eigenvalue weighted by Gasteiger charge is 2.30. The van der Waals surface area contributed by atoms with Gasteiger partial charge >= 0.3 is 0 Å². The Morgan fingerprint density at radius 3 is 2.94 bits per heavy atom. The van der Waals surface area contributed by atoms with Crippen LogP contribution in [0.5, 0.6) is 0 Å². The fourth-order valence-corrected chi connectivity index (χ4v) is 2.09. The first-order valence-electron chi connectivity index (χ1n) is 6.04. The molecule has 3 heteroatoms. The molecule has 0 amide bonds. The van der Waals surface area contributed by atoms with E-state index in [1.807, 2.05) is 13.2 Å². The third kappa shape index (κ3) is 2.53. The Morgan fingerprint density at radius 1 is 1.56 bits per heavy atom. The molecule has 88 valence electrons. The van der Waals surface area contributed by atoms with E-state index in [-0.39, 0.29) is 0 Å². The lowest BCUT2D eigenvalue weighted by atomic mass is 10.1. The van der Waals surface area contributed by atoms with Crippen LogP contribution in [0.1, 0.15) is 25.5 Å². The van der Waals surface area contributed by atoms with Crippen molar-refractivity contribution in [3.05, 3.63) is 24.0 Å². The number of anilines is 1. The van der Waals surface area contributed by atoms with Crippen LogP contribution < -0.4 is 10.2 Å². The average Bonchev–Trinajstić information content (AvgIpc) is 3.12. The van der Waals surface area contributed by atoms with Crippen molar-refractivity contribution in [3.63, 3.8) is 0 Å². The minimum atomic E-state index is 0.643. The monoisotopic (exact) mass is 219 g/mol. The SMILES string of the molecule is CNCc1cc(N(C)C(C)C2CC2)ccn1. The Bertz CT molecular complexity index is 347. The summed E-state index contributed by atoms with van der Waals surface area (Å²) in [7, 11) is 4.13. The summed E-state index contributed by atoms with van der Waals surface area (Å²) >= 11 is 0. The maximum absolute atomic E-state index is 4.34. The molecule has 0 spiro atoms. The minimum absolute atomic E-state index is 0.643. The summed E-state index contributed by atoms with van der Waals surface area (Å²) in [5.41, 5.74) is 2.38. The van der Waals surface area contributed by atoms with Gasteiger partial charge in [0.05, 0.1) is 5.69 Å². The van der Waals surface area contributed by atoms with Crippen molar-refractivity contribution >= 4 is 5.69 Å². The summed E-state index contributed by atoms with van der Waals surface area (Å²) in [6.07, 6.45) is 4.68. The van der Waals surface area contributed by atoms with Gasteiger partial charge in [-0.25, -0.2) is 0 Å². The quantitative estimate of drug-likeness (QED) is 0.821. The summed E-state index contributed by atoms with van der Waals surface area (Å²) in [6, 6.07) is 4.91. The zero-order valence-electron chi connectivity index (χ0n) is 10.4. The molecule has 1 atom stereocenters. The van der Waals surface area contributed by atoms with Crippen LogP contribution in [0.2, 0.25) is 0 Å². The van der Waals surface area contributed by atoms with Crippen molar-refractivity contribution in [2.24, 2.45) is 5.92 Å². The highest BCUT2D eigenvalue weighted by Crippen LogP contribution is 2.36. The van der Waals surface area contributed by atoms with Gasteiger partial charge in [0, 0.05) is 31.5 Å². The Hall–Kier alpha value is -1.09. The van der Waals surface area contributed by atoms with Crippen LogP contribution in [0, 0.1) is 5.92 Å². The van der Waals surface area contributed by atoms with Gasteiger partial charge in [-0.1, -0.05) is 0 Å². The highest BCUT2D eigenvalue weighted by atomic mass is 15.1. The number of hydrogen-bond acceptors (Lipinski definition) is 3. The van der Waals surface area contributed by atoms with E-state index >= 15 is 0 Å². The second-order valence-corrected chi connectivity index (χ2v) is 4.72. The van der Waals surface area contributed by atoms with Crippen molar-refractivity contribution < 1.29 is 0 Å². The summed E-state index contributed by atoms with van der Waals surface area (Å²) < 4.78 is 0. The molecule has 1 aliphatic carbocycles. The predicted octanol–water partition coefficient (Wildman–Crippen LogP) is 2.04. The number of nitrogens with one attached hydrogen (secondary N) is 1. The van der Waals surface area contributed by atoms with E-state index in [4.69, 9.17) is 0 Å². The first-order valence-corrected chi connectivity index (χ1v) is 6.04. The van der Waals surface area contributed by atoms with Crippen LogP contribution in [-0.2, 0) is 6.54 Å². The molecular formula is C13H21N3. The third-order valence-electron chi connectivity index (χ3n) is 3.48. The standard InChI is InChI=1S/C13H21N3/c1-10(11-4-5-11)16(3)13-6-7-15-12(8-13)9-14-2/h6-8,10-11,14H,4-5,9H2,1-3H3. The fourth-order valence-electron chi connectivity index (χ4n) is 2.09. The normalized spacial score (nSPS) is 17.2. The molecule has 0 radical (unpaired) electrons. The first kappa shape index (κ1) is 11.4. The number of hydrogen-bond donors (Lipinski definition) is 1. The molecule has 1 aromatic rings. The molecule has 1 fully saturated rings. The predicted molar refractivity (Wildman–Crippen MR) is 67.6 cm³/mol. The van der Waals surface area contributed by atoms with Gasteiger partial charge in [-0.2, -0.15) is 0 Å². The molecule has 0 saturated heterocycles. The topological polar surface area (TPSA) is 28.2 Å². The van der Waals surface area contributed by atoms with Gasteiger partial charge in [-0.15, -0.1) is 0 Å². The largest absolute Gasteiger partial charge is 0.372 e. The van der Waals surface area contributed by atoms with E-state index in [0.717, 1.165) is 18.2 Å². The average molecular weight is 219 g/mol. The minimum Gasteiger partial charge on any atom is -0.372 e. The van der Waals surface area contributed by atoms with E-state index in [2.05, 4.69) is 41.3 Å². The molecule has 0 aliphatic heterocycles. The van der Waals surface area contributed by atoms with Crippen molar-refractivity contribution in [2.45, 2.75) is 32.4 Å². The fraction of sp³-hybridized carbons (Fsp3) is 0.615. The van der Waals surface area contributed by atoms with E-state index in [9.17, 15) is 0 Å². The molecule has 1 N–H and O–H groups in total. The number of rotatable bonds is 5. The lowest BCUT2D eigenvalue weighted by molar-refractivity contribution is 0.608. The van der Waals surface area contributed by atoms with Gasteiger partial charge in [-0.3, -0.25) is 4.98 Å². The Balaban J connectivity index is 2.09. The van der Waals surface area contributed by atoms with Crippen LogP contribution in [0.25, 0.3) is 0 Å². The van der Waals surface area contributed by atoms with Crippen molar-refractivity contribution in [2.75, 3.05) is 19.0 Å². The van der Waals surface area contributed by atoms with Crippen LogP contribution in [0.4, 0.5) is 5.69 Å². The van der Waals surface area contributed by atoms with E-state index in [1.54, 1.807) is 0 Å². The van der Waals surface area contributed by atoms with Crippen LogP contribution in [-0.4, -0.2) is 25.1 Å². The second kappa shape index (κ2) is 4.83. The Kier molecular flexibility index (Phi) is 3.44. The summed E-state index contributed by atoms with van der Waals surface area (Å²) in [5, 5.41) is 3.13. The molecule has 1 unspecified atom stereocenters. The molecule has 1 aliphatic rings. The third-order valence-corrected chi connectivity index (χ3v) is 3.48. The van der Waals surface area contributed by atoms with E-state index in [0.29, 0.717) is 6.04 Å². The zero-order valence-corrected chi connectivity index (χ0v) is 10.4. The van der Waals surface area contributed by atoms with Crippen LogP contribution >= 0.6 is 0 Å². The molecule has 3 nitrogen and oxygen atoms in total. The van der Waals surface area contributed by atoms with E-state index in [1.165, 1.54) is 18.5 Å². The summed E-state index contributed by atoms with van der Waals surface area (Å²) in [6.45, 7) is 3.15. The number of aromatic nitrogens is 1. The second-order valence-electron chi connectivity index (χ2n) is 4.72. The summed E-state index contributed by atoms with van der Waals surface area (Å²) in [4.78, 5) is 6.72. The zero-order chi connectivity index (χ0) is 11.5. The maximum atomic E-state index is 4.34. The molecule has 1 heterocycles. The van der Waals surface area contributed by atoms with Gasteiger partial charge < -0.3 is 10.2 Å². The van der Waals surface area contributed by atoms with Crippen LogP contribution in [0.3, 0.4) is 0 Å². The molecule has 1 aromatic heterocycles. The van der Waals surface area contributed by atoms with Gasteiger partial charge in [0.1, 0.15) is 0 Å². The van der Waals surface area contributed by atoms with E-state index < -0.39 is 0 Å². The van der Waals surface area contributed by atoms with Crippen molar-refractivity contribution in [1.82, 2.24) is 10.3 Å². The molecule has 16 heavy (non-hydrogen) atoms. The van der Waals surface area contributed by atoms with Gasteiger partial charge in [0.2, 0.25) is 0 Å². The van der Waals surface area contributed by atoms with Gasteiger partial charge in [0.15, 0.2) is 0 Å². The number of pyridine rings is 1. The molecule has 1 saturated carbocycles. The van der Waals surface area contributed by atoms with Crippen LogP contribution in [0.15, 0.2) is 18.3 Å². The van der Waals surface area contributed by atoms with Crippen molar-refractivity contribution in [3.8, 4) is 0 Å². The molecule has 2 rings (SSSR count). The first-order chi connectivity index (χ1) is 7.72. The summed E-state index contributed by atoms with van der Waals surface area (Å²) in [5.74, 6) is 0.894. The lowest BCUT2D eigenvalue weighted by Crippen LogP contribution is -2.30. The Labute approximate surface area is 97.9 Å². The highest BCUT2D eigenvalue weighted by molar-refractivity contribution is 5.47. The van der Waals surface area contributed by atoms with Gasteiger partial charge in [-0.05, 0) is 44.9 Å². The smallest absolute Gasteiger partial charge is 0.0562 e. The maximum Gasteiger partial charge on any atom is 0.0562 e. The lowest BCUT2D eigenvalue weighted by Gasteiger charge is -2.27. The van der Waals surface area contributed by atoms with Crippen molar-refractivity contribution in [1.29, 1.82) is 0 Å². The molecular weight excluding hydrogens is 198 g/mol. The molecule has 0 bridgehead atoms. The Morgan fingerprint density at radius 2 is 2.31 bits per heavy atom. The molecule has 0 aromatic carbocycles.